The van der Waals surface area contributed by atoms with E-state index in [1.54, 1.807) is 7.11 Å². The number of primary amides is 1. The maximum Gasteiger partial charge on any atom is 0.253 e. The van der Waals surface area contributed by atoms with Crippen LogP contribution >= 0.6 is 0 Å². The summed E-state index contributed by atoms with van der Waals surface area (Å²) in [5.74, 6) is 0.512. The van der Waals surface area contributed by atoms with Crippen molar-refractivity contribution < 1.29 is 9.53 Å². The van der Waals surface area contributed by atoms with Gasteiger partial charge >= 0.3 is 0 Å². The van der Waals surface area contributed by atoms with Crippen LogP contribution < -0.4 is 16.2 Å². The van der Waals surface area contributed by atoms with Gasteiger partial charge in [-0.2, -0.15) is 0 Å². The molecule has 0 saturated heterocycles. The highest BCUT2D eigenvalue weighted by Crippen LogP contribution is 2.37. The fraction of sp³-hybridized carbons (Fsp3) is 0.333. The molecular formula is C21H25N5O2. The molecule has 2 aromatic heterocycles. The van der Waals surface area contributed by atoms with Crippen LogP contribution in [0.1, 0.15) is 32.7 Å². The van der Waals surface area contributed by atoms with Crippen LogP contribution in [0.2, 0.25) is 0 Å². The van der Waals surface area contributed by atoms with E-state index in [1.807, 2.05) is 36.6 Å². The van der Waals surface area contributed by atoms with Crippen LogP contribution in [0.5, 0.6) is 5.75 Å². The van der Waals surface area contributed by atoms with Crippen LogP contribution in [-0.2, 0) is 13.0 Å². The average Bonchev–Trinajstić information content (AvgIpc) is 2.91. The van der Waals surface area contributed by atoms with Crippen molar-refractivity contribution in [1.82, 2.24) is 14.5 Å². The molecule has 4 N–H and O–H groups in total. The molecule has 0 aliphatic carbocycles. The van der Waals surface area contributed by atoms with Crippen molar-refractivity contribution in [2.45, 2.75) is 26.8 Å². The van der Waals surface area contributed by atoms with Crippen LogP contribution in [0.15, 0.2) is 18.2 Å². The monoisotopic (exact) mass is 379 g/mol. The van der Waals surface area contributed by atoms with Gasteiger partial charge in [0, 0.05) is 36.2 Å². The average molecular weight is 379 g/mol. The van der Waals surface area contributed by atoms with Crippen LogP contribution in [-0.4, -0.2) is 41.1 Å². The summed E-state index contributed by atoms with van der Waals surface area (Å²) in [7, 11) is 3.71. The number of pyridine rings is 1. The number of benzene rings is 1. The molecular weight excluding hydrogens is 354 g/mol. The van der Waals surface area contributed by atoms with Crippen LogP contribution in [0.4, 0.5) is 5.82 Å². The van der Waals surface area contributed by atoms with Crippen molar-refractivity contribution >= 4 is 22.8 Å². The zero-order valence-electron chi connectivity index (χ0n) is 16.7. The van der Waals surface area contributed by atoms with Gasteiger partial charge in [0.05, 0.1) is 18.4 Å². The molecule has 1 amide bonds. The van der Waals surface area contributed by atoms with Crippen LogP contribution in [0.25, 0.3) is 16.7 Å². The van der Waals surface area contributed by atoms with E-state index in [0.29, 0.717) is 22.4 Å². The molecule has 28 heavy (non-hydrogen) atoms. The summed E-state index contributed by atoms with van der Waals surface area (Å²) in [6.07, 6.45) is 0.856. The number of hydrogen-bond acceptors (Lipinski definition) is 5. The number of nitrogens with two attached hydrogens (primary N) is 2. The molecule has 146 valence electrons. The Labute approximate surface area is 163 Å². The van der Waals surface area contributed by atoms with Gasteiger partial charge in [0.2, 0.25) is 0 Å². The fourth-order valence-electron chi connectivity index (χ4n) is 4.19. The number of aromatic nitrogens is 2. The third-order valence-electron chi connectivity index (χ3n) is 5.59. The molecule has 1 aliphatic heterocycles. The lowest BCUT2D eigenvalue weighted by atomic mass is 10.0. The largest absolute Gasteiger partial charge is 0.496 e. The molecule has 7 heteroatoms. The number of methoxy groups -OCH3 is 1. The van der Waals surface area contributed by atoms with Gasteiger partial charge in [0.25, 0.3) is 5.91 Å². The van der Waals surface area contributed by atoms with E-state index in [0.717, 1.165) is 53.3 Å². The van der Waals surface area contributed by atoms with Gasteiger partial charge in [-0.05, 0) is 44.2 Å². The van der Waals surface area contributed by atoms with Gasteiger partial charge in [-0.3, -0.25) is 9.36 Å². The van der Waals surface area contributed by atoms with E-state index in [1.165, 1.54) is 0 Å². The number of likely N-dealkylation sites (N-methyl/N-ethyl adjacent to an activating group) is 1. The first-order chi connectivity index (χ1) is 13.3. The summed E-state index contributed by atoms with van der Waals surface area (Å²) >= 11 is 0. The zero-order valence-corrected chi connectivity index (χ0v) is 16.7. The molecule has 0 spiro atoms. The van der Waals surface area contributed by atoms with E-state index < -0.39 is 5.91 Å². The Morgan fingerprint density at radius 1 is 1.29 bits per heavy atom. The highest BCUT2D eigenvalue weighted by Gasteiger charge is 2.26. The number of anilines is 1. The predicted molar refractivity (Wildman–Crippen MR) is 110 cm³/mol. The Kier molecular flexibility index (Phi) is 4.27. The van der Waals surface area contributed by atoms with Crippen molar-refractivity contribution in [2.75, 3.05) is 26.4 Å². The number of hydrogen-bond donors (Lipinski definition) is 2. The molecule has 7 nitrogen and oxygen atoms in total. The van der Waals surface area contributed by atoms with E-state index >= 15 is 0 Å². The first kappa shape index (κ1) is 18.3. The molecule has 0 atom stereocenters. The number of fused-ring (bicyclic) bond motifs is 2. The number of ether oxygens (including phenoxy) is 1. The molecule has 1 aromatic carbocycles. The number of rotatable bonds is 3. The lowest BCUT2D eigenvalue weighted by Crippen LogP contribution is -2.27. The van der Waals surface area contributed by atoms with Crippen LogP contribution in [0.3, 0.4) is 0 Å². The number of amides is 1. The molecule has 1 aliphatic rings. The Bertz CT molecular complexity index is 1120. The van der Waals surface area contributed by atoms with E-state index in [2.05, 4.69) is 11.9 Å². The molecule has 0 radical (unpaired) electrons. The number of nitrogens with zero attached hydrogens (tertiary/aromatic N) is 3. The quantitative estimate of drug-likeness (QED) is 0.727. The Hall–Kier alpha value is -3.06. The third-order valence-corrected chi connectivity index (χ3v) is 5.59. The highest BCUT2D eigenvalue weighted by molar-refractivity contribution is 6.11. The van der Waals surface area contributed by atoms with Crippen molar-refractivity contribution in [3.8, 4) is 11.4 Å². The van der Waals surface area contributed by atoms with E-state index in [4.69, 9.17) is 21.2 Å². The second kappa shape index (κ2) is 6.53. The number of carbonyl (C=O) groups excluding carboxylic acids is 1. The second-order valence-electron chi connectivity index (χ2n) is 7.47. The summed E-state index contributed by atoms with van der Waals surface area (Å²) in [5.41, 5.74) is 18.1. The summed E-state index contributed by atoms with van der Waals surface area (Å²) in [4.78, 5) is 19.4. The summed E-state index contributed by atoms with van der Waals surface area (Å²) < 4.78 is 7.35. The normalized spacial score (nSPS) is 14.3. The highest BCUT2D eigenvalue weighted by atomic mass is 16.5. The zero-order chi connectivity index (χ0) is 20.2. The molecule has 0 unspecified atom stereocenters. The van der Waals surface area contributed by atoms with Gasteiger partial charge < -0.3 is 21.1 Å². The molecule has 4 rings (SSSR count). The standard InChI is InChI=1S/C21H25N5O2/c1-11-5-6-16(28-4)12(2)18(11)26-19(22)17(20(23)27)14-9-13-10-25(3)8-7-15(13)24-21(14)26/h5-6,9H,7-8,10,22H2,1-4H3,(H2,23,27). The number of carbonyl (C=O) groups is 1. The molecule has 0 saturated carbocycles. The Morgan fingerprint density at radius 2 is 2.04 bits per heavy atom. The Balaban J connectivity index is 2.11. The summed E-state index contributed by atoms with van der Waals surface area (Å²) in [6, 6.07) is 5.92. The van der Waals surface area contributed by atoms with Gasteiger partial charge in [-0.1, -0.05) is 6.07 Å². The lowest BCUT2D eigenvalue weighted by molar-refractivity contribution is 0.100. The summed E-state index contributed by atoms with van der Waals surface area (Å²) in [5, 5.41) is 0.695. The van der Waals surface area contributed by atoms with Crippen LogP contribution in [0, 0.1) is 13.8 Å². The minimum absolute atomic E-state index is 0.310. The molecule has 0 bridgehead atoms. The first-order valence-electron chi connectivity index (χ1n) is 9.29. The van der Waals surface area contributed by atoms with E-state index in [9.17, 15) is 4.79 Å². The molecule has 0 fully saturated rings. The smallest absolute Gasteiger partial charge is 0.253 e. The van der Waals surface area contributed by atoms with Gasteiger partial charge in [-0.25, -0.2) is 4.98 Å². The SMILES string of the molecule is COc1ccc(C)c(-n2c(N)c(C(N)=O)c3cc4c(nc32)CCN(C)C4)c1C. The van der Waals surface area contributed by atoms with Gasteiger partial charge in [0.1, 0.15) is 17.2 Å². The van der Waals surface area contributed by atoms with E-state index in [-0.39, 0.29) is 0 Å². The van der Waals surface area contributed by atoms with Crippen molar-refractivity contribution in [2.24, 2.45) is 5.73 Å². The van der Waals surface area contributed by atoms with Gasteiger partial charge in [-0.15, -0.1) is 0 Å². The third kappa shape index (κ3) is 2.62. The lowest BCUT2D eigenvalue weighted by Gasteiger charge is -2.24. The number of nitrogen functional groups attached to an aromatic ring is 1. The Morgan fingerprint density at radius 3 is 2.71 bits per heavy atom. The maximum atomic E-state index is 12.3. The summed E-state index contributed by atoms with van der Waals surface area (Å²) in [6.45, 7) is 5.72. The van der Waals surface area contributed by atoms with Crippen molar-refractivity contribution in [3.05, 3.63) is 46.1 Å². The predicted octanol–water partition coefficient (Wildman–Crippen LogP) is 2.32. The molecule has 3 aromatic rings. The van der Waals surface area contributed by atoms with Crippen molar-refractivity contribution in [3.63, 3.8) is 0 Å². The number of aryl methyl sites for hydroxylation is 1. The van der Waals surface area contributed by atoms with Gasteiger partial charge in [0.15, 0.2) is 0 Å². The maximum absolute atomic E-state index is 12.3. The molecule has 3 heterocycles. The minimum Gasteiger partial charge on any atom is -0.496 e. The van der Waals surface area contributed by atoms with Crippen molar-refractivity contribution in [1.29, 1.82) is 0 Å². The minimum atomic E-state index is -0.551. The second-order valence-corrected chi connectivity index (χ2v) is 7.47. The first-order valence-corrected chi connectivity index (χ1v) is 9.29. The fourth-order valence-corrected chi connectivity index (χ4v) is 4.19. The topological polar surface area (TPSA) is 99.4 Å².